The molecule has 0 aliphatic heterocycles. The molecule has 0 spiro atoms. The van der Waals surface area contributed by atoms with Crippen molar-refractivity contribution in [1.29, 1.82) is 0 Å². The number of unbranched alkanes of at least 4 members (excludes halogenated alkanes) is 13. The summed E-state index contributed by atoms with van der Waals surface area (Å²) >= 11 is 0. The van der Waals surface area contributed by atoms with E-state index in [0.717, 1.165) is 12.8 Å². The Morgan fingerprint density at radius 3 is 1.54 bits per heavy atom. The van der Waals surface area contributed by atoms with Gasteiger partial charge in [0.2, 0.25) is 0 Å². The second-order valence-electron chi connectivity index (χ2n) is 7.31. The lowest BCUT2D eigenvalue weighted by Gasteiger charge is -2.24. The van der Waals surface area contributed by atoms with E-state index in [2.05, 4.69) is 17.1 Å². The van der Waals surface area contributed by atoms with E-state index >= 15 is 0 Å². The Bertz CT molecular complexity index is 297. The van der Waals surface area contributed by atoms with Gasteiger partial charge < -0.3 is 5.32 Å². The molecule has 0 fully saturated rings. The lowest BCUT2D eigenvalue weighted by atomic mass is 9.94. The highest BCUT2D eigenvalue weighted by Crippen LogP contribution is 2.18. The molecule has 0 aliphatic rings. The number of likely N-dealkylation sites (N-methyl/N-ethyl adjacent to an activating group) is 1. The standard InChI is InChI=1S/C20H41NO3/c1-4-5-6-7-8-9-10-11-12-13-14-15-16-17-18-20(2,21-3)19(22)24-23/h21,23H,4-18H2,1-3H3. The van der Waals surface area contributed by atoms with Gasteiger partial charge in [-0.1, -0.05) is 96.8 Å². The van der Waals surface area contributed by atoms with Crippen molar-refractivity contribution >= 4 is 5.97 Å². The largest absolute Gasteiger partial charge is 0.361 e. The minimum absolute atomic E-state index is 0.598. The number of rotatable bonds is 17. The molecule has 0 rings (SSSR count). The van der Waals surface area contributed by atoms with E-state index in [-0.39, 0.29) is 0 Å². The lowest BCUT2D eigenvalue weighted by Crippen LogP contribution is -2.48. The quantitative estimate of drug-likeness (QED) is 0.197. The van der Waals surface area contributed by atoms with Crippen LogP contribution in [0.4, 0.5) is 0 Å². The predicted octanol–water partition coefficient (Wildman–Crippen LogP) is 5.85. The van der Waals surface area contributed by atoms with Crippen molar-refractivity contribution < 1.29 is 14.9 Å². The van der Waals surface area contributed by atoms with Crippen LogP contribution in [0.25, 0.3) is 0 Å². The van der Waals surface area contributed by atoms with Gasteiger partial charge in [-0.25, -0.2) is 4.79 Å². The summed E-state index contributed by atoms with van der Waals surface area (Å²) in [7, 11) is 1.72. The van der Waals surface area contributed by atoms with Crippen LogP contribution in [-0.4, -0.2) is 23.8 Å². The maximum atomic E-state index is 11.5. The van der Waals surface area contributed by atoms with Gasteiger partial charge in [0.25, 0.3) is 0 Å². The Hall–Kier alpha value is -0.610. The van der Waals surface area contributed by atoms with Gasteiger partial charge in [-0.3, -0.25) is 4.89 Å². The van der Waals surface area contributed by atoms with Crippen molar-refractivity contribution in [3.63, 3.8) is 0 Å². The topological polar surface area (TPSA) is 58.6 Å². The zero-order chi connectivity index (χ0) is 18.1. The third-order valence-electron chi connectivity index (χ3n) is 5.12. The highest BCUT2D eigenvalue weighted by atomic mass is 17.1. The molecule has 0 aromatic carbocycles. The fraction of sp³-hybridized carbons (Fsp3) is 0.950. The second kappa shape index (κ2) is 15.9. The molecule has 0 heterocycles. The molecule has 4 heteroatoms. The third-order valence-corrected chi connectivity index (χ3v) is 5.12. The van der Waals surface area contributed by atoms with Crippen LogP contribution in [0, 0.1) is 0 Å². The molecule has 0 saturated carbocycles. The van der Waals surface area contributed by atoms with E-state index < -0.39 is 11.5 Å². The van der Waals surface area contributed by atoms with Crippen LogP contribution >= 0.6 is 0 Å². The van der Waals surface area contributed by atoms with Crippen LogP contribution in [0.1, 0.15) is 110 Å². The van der Waals surface area contributed by atoms with Gasteiger partial charge in [0.1, 0.15) is 5.54 Å². The smallest absolute Gasteiger partial charge is 0.305 e. The SMILES string of the molecule is CCCCCCCCCCCCCCCCC(C)(NC)C(=O)OO. The fourth-order valence-electron chi connectivity index (χ4n) is 3.10. The predicted molar refractivity (Wildman–Crippen MR) is 101 cm³/mol. The maximum Gasteiger partial charge on any atom is 0.361 e. The maximum absolute atomic E-state index is 11.5. The average molecular weight is 344 g/mol. The van der Waals surface area contributed by atoms with Gasteiger partial charge in [0.15, 0.2) is 0 Å². The number of hydrogen-bond donors (Lipinski definition) is 2. The molecular weight excluding hydrogens is 302 g/mol. The monoisotopic (exact) mass is 343 g/mol. The summed E-state index contributed by atoms with van der Waals surface area (Å²) in [5.41, 5.74) is -0.772. The Kier molecular flexibility index (Phi) is 15.5. The zero-order valence-corrected chi connectivity index (χ0v) is 16.4. The molecule has 1 unspecified atom stereocenters. The average Bonchev–Trinajstić information content (AvgIpc) is 2.61. The lowest BCUT2D eigenvalue weighted by molar-refractivity contribution is -0.241. The summed E-state index contributed by atoms with van der Waals surface area (Å²) in [5.74, 6) is -0.598. The Balaban J connectivity index is 3.35. The molecule has 0 aromatic heterocycles. The fourth-order valence-corrected chi connectivity index (χ4v) is 3.10. The molecule has 4 nitrogen and oxygen atoms in total. The molecule has 0 amide bonds. The van der Waals surface area contributed by atoms with Gasteiger partial charge >= 0.3 is 5.97 Å². The number of carbonyl (C=O) groups is 1. The summed E-state index contributed by atoms with van der Waals surface area (Å²) in [6.45, 7) is 4.04. The summed E-state index contributed by atoms with van der Waals surface area (Å²) < 4.78 is 0. The highest BCUT2D eigenvalue weighted by Gasteiger charge is 2.32. The molecule has 1 atom stereocenters. The van der Waals surface area contributed by atoms with Crippen LogP contribution in [0.2, 0.25) is 0 Å². The molecule has 144 valence electrons. The van der Waals surface area contributed by atoms with Gasteiger partial charge in [-0.15, -0.1) is 0 Å². The van der Waals surface area contributed by atoms with E-state index in [9.17, 15) is 4.79 Å². The summed E-state index contributed by atoms with van der Waals surface area (Å²) in [6, 6.07) is 0. The number of carbonyl (C=O) groups excluding carboxylic acids is 1. The minimum atomic E-state index is -0.772. The molecule has 0 saturated heterocycles. The highest BCUT2D eigenvalue weighted by molar-refractivity contribution is 5.79. The van der Waals surface area contributed by atoms with E-state index in [0.29, 0.717) is 6.42 Å². The first kappa shape index (κ1) is 23.4. The minimum Gasteiger partial charge on any atom is -0.305 e. The first-order valence-electron chi connectivity index (χ1n) is 10.2. The van der Waals surface area contributed by atoms with E-state index in [1.165, 1.54) is 77.0 Å². The summed E-state index contributed by atoms with van der Waals surface area (Å²) in [4.78, 5) is 15.4. The van der Waals surface area contributed by atoms with Crippen LogP contribution in [0.3, 0.4) is 0 Å². The summed E-state index contributed by atoms with van der Waals surface area (Å²) in [6.07, 6.45) is 19.2. The van der Waals surface area contributed by atoms with Crippen LogP contribution < -0.4 is 5.32 Å². The second-order valence-corrected chi connectivity index (χ2v) is 7.31. The molecular formula is C20H41NO3. The van der Waals surface area contributed by atoms with Crippen molar-refractivity contribution in [3.05, 3.63) is 0 Å². The number of nitrogens with one attached hydrogen (secondary N) is 1. The van der Waals surface area contributed by atoms with E-state index in [1.807, 2.05) is 0 Å². The normalized spacial score (nSPS) is 13.7. The Morgan fingerprint density at radius 1 is 0.833 bits per heavy atom. The Morgan fingerprint density at radius 2 is 1.21 bits per heavy atom. The van der Waals surface area contributed by atoms with Crippen molar-refractivity contribution in [2.24, 2.45) is 0 Å². The van der Waals surface area contributed by atoms with Gasteiger partial charge in [0.05, 0.1) is 0 Å². The first-order chi connectivity index (χ1) is 11.6. The third kappa shape index (κ3) is 11.9. The molecule has 0 bridgehead atoms. The van der Waals surface area contributed by atoms with Crippen molar-refractivity contribution in [2.75, 3.05) is 7.05 Å². The van der Waals surface area contributed by atoms with Crippen molar-refractivity contribution in [1.82, 2.24) is 5.32 Å². The zero-order valence-electron chi connectivity index (χ0n) is 16.4. The van der Waals surface area contributed by atoms with Crippen LogP contribution in [-0.2, 0) is 9.68 Å². The van der Waals surface area contributed by atoms with Crippen molar-refractivity contribution in [3.8, 4) is 0 Å². The van der Waals surface area contributed by atoms with Gasteiger partial charge in [0, 0.05) is 0 Å². The molecule has 2 N–H and O–H groups in total. The summed E-state index contributed by atoms with van der Waals surface area (Å²) in [5, 5.41) is 11.5. The van der Waals surface area contributed by atoms with Crippen LogP contribution in [0.5, 0.6) is 0 Å². The Labute approximate surface area is 149 Å². The first-order valence-corrected chi connectivity index (χ1v) is 10.2. The van der Waals surface area contributed by atoms with Gasteiger partial charge in [-0.05, 0) is 20.4 Å². The molecule has 0 radical (unpaired) electrons. The van der Waals surface area contributed by atoms with Crippen molar-refractivity contribution in [2.45, 2.75) is 116 Å². The van der Waals surface area contributed by atoms with E-state index in [4.69, 9.17) is 5.26 Å². The molecule has 24 heavy (non-hydrogen) atoms. The number of hydrogen-bond acceptors (Lipinski definition) is 4. The molecule has 0 aliphatic carbocycles. The van der Waals surface area contributed by atoms with Crippen LogP contribution in [0.15, 0.2) is 0 Å². The van der Waals surface area contributed by atoms with Gasteiger partial charge in [-0.2, -0.15) is 5.26 Å². The molecule has 0 aromatic rings. The van der Waals surface area contributed by atoms with E-state index in [1.54, 1.807) is 14.0 Å².